The number of aromatic nitrogens is 2. The van der Waals surface area contributed by atoms with Crippen LogP contribution in [0.2, 0.25) is 0 Å². The summed E-state index contributed by atoms with van der Waals surface area (Å²) >= 11 is 0. The molecule has 0 aliphatic heterocycles. The summed E-state index contributed by atoms with van der Waals surface area (Å²) in [6.45, 7) is 0.565. The van der Waals surface area contributed by atoms with E-state index in [0.29, 0.717) is 18.5 Å². The topological polar surface area (TPSA) is 95.7 Å². The Morgan fingerprint density at radius 1 is 1.25 bits per heavy atom. The van der Waals surface area contributed by atoms with Crippen LogP contribution in [-0.4, -0.2) is 44.7 Å². The maximum Gasteiger partial charge on any atom is 0.345 e. The molecule has 0 atom stereocenters. The van der Waals surface area contributed by atoms with Gasteiger partial charge in [-0.3, -0.25) is 9.78 Å². The molecular formula is C20H20FN3O4. The molecule has 0 saturated carbocycles. The summed E-state index contributed by atoms with van der Waals surface area (Å²) in [5, 5.41) is 19.3. The van der Waals surface area contributed by atoms with Crippen molar-refractivity contribution in [2.75, 3.05) is 14.1 Å². The summed E-state index contributed by atoms with van der Waals surface area (Å²) < 4.78 is 14.8. The number of rotatable bonds is 5. The van der Waals surface area contributed by atoms with Crippen LogP contribution in [0.15, 0.2) is 35.3 Å². The van der Waals surface area contributed by atoms with Crippen molar-refractivity contribution in [3.63, 3.8) is 0 Å². The van der Waals surface area contributed by atoms with E-state index >= 15 is 0 Å². The average Bonchev–Trinajstić information content (AvgIpc) is 2.61. The maximum atomic E-state index is 13.6. The highest BCUT2D eigenvalue weighted by Gasteiger charge is 2.21. The second-order valence-corrected chi connectivity index (χ2v) is 6.93. The van der Waals surface area contributed by atoms with Crippen molar-refractivity contribution in [2.45, 2.75) is 13.0 Å². The van der Waals surface area contributed by atoms with Crippen molar-refractivity contribution in [3.05, 3.63) is 68.9 Å². The van der Waals surface area contributed by atoms with Crippen molar-refractivity contribution in [1.29, 1.82) is 0 Å². The van der Waals surface area contributed by atoms with Crippen LogP contribution in [0.3, 0.4) is 0 Å². The van der Waals surface area contributed by atoms with Crippen LogP contribution in [0.1, 0.15) is 27.0 Å². The molecule has 2 heterocycles. The number of aromatic carboxylic acids is 1. The van der Waals surface area contributed by atoms with E-state index in [1.165, 1.54) is 25.4 Å². The molecule has 2 aromatic heterocycles. The number of carboxylic acid groups (broad SMARTS) is 1. The second kappa shape index (κ2) is 7.40. The number of hydrogen-bond acceptors (Lipinski definition) is 5. The molecule has 0 aliphatic rings. The van der Waals surface area contributed by atoms with E-state index in [0.717, 1.165) is 21.3 Å². The summed E-state index contributed by atoms with van der Waals surface area (Å²) in [4.78, 5) is 29.6. The van der Waals surface area contributed by atoms with Crippen molar-refractivity contribution in [1.82, 2.24) is 14.5 Å². The lowest BCUT2D eigenvalue weighted by Gasteiger charge is -2.15. The van der Waals surface area contributed by atoms with E-state index in [1.54, 1.807) is 12.1 Å². The lowest BCUT2D eigenvalue weighted by atomic mass is 9.99. The fourth-order valence-electron chi connectivity index (χ4n) is 3.19. The standard InChI is InChI=1S/C20H20FN3O4/c1-23(2)10-13-8-14(21)5-4-12(13)6-11-7-15-17(22-9-11)18(25)16(20(27)28)19(26)24(15)3/h4-5,7-9,25H,6,10H2,1-3H3,(H,27,28). The van der Waals surface area contributed by atoms with Gasteiger partial charge >= 0.3 is 5.97 Å². The first kappa shape index (κ1) is 19.5. The fourth-order valence-corrected chi connectivity index (χ4v) is 3.19. The Labute approximate surface area is 160 Å². The third-order valence-corrected chi connectivity index (χ3v) is 4.53. The average molecular weight is 385 g/mol. The summed E-state index contributed by atoms with van der Waals surface area (Å²) in [5.74, 6) is -2.47. The zero-order valence-corrected chi connectivity index (χ0v) is 15.7. The number of hydrogen-bond donors (Lipinski definition) is 2. The molecule has 1 aromatic carbocycles. The zero-order chi connectivity index (χ0) is 20.6. The van der Waals surface area contributed by atoms with Crippen LogP contribution in [0.5, 0.6) is 5.75 Å². The van der Waals surface area contributed by atoms with Gasteiger partial charge in [-0.1, -0.05) is 6.07 Å². The number of carbonyl (C=O) groups is 1. The molecule has 2 N–H and O–H groups in total. The lowest BCUT2D eigenvalue weighted by molar-refractivity contribution is 0.0691. The van der Waals surface area contributed by atoms with Crippen LogP contribution in [0.4, 0.5) is 4.39 Å². The molecule has 0 amide bonds. The molecule has 0 bridgehead atoms. The number of halogens is 1. The maximum absolute atomic E-state index is 13.6. The Morgan fingerprint density at radius 2 is 1.96 bits per heavy atom. The van der Waals surface area contributed by atoms with Gasteiger partial charge < -0.3 is 19.7 Å². The number of pyridine rings is 2. The predicted molar refractivity (Wildman–Crippen MR) is 102 cm³/mol. The summed E-state index contributed by atoms with van der Waals surface area (Å²) in [5.41, 5.74) is 1.33. The van der Waals surface area contributed by atoms with Gasteiger partial charge in [0.1, 0.15) is 11.3 Å². The third kappa shape index (κ3) is 3.59. The van der Waals surface area contributed by atoms with E-state index in [1.807, 2.05) is 19.0 Å². The van der Waals surface area contributed by atoms with Crippen LogP contribution >= 0.6 is 0 Å². The summed E-state index contributed by atoms with van der Waals surface area (Å²) in [6, 6.07) is 6.27. The van der Waals surface area contributed by atoms with Gasteiger partial charge in [-0.25, -0.2) is 9.18 Å². The second-order valence-electron chi connectivity index (χ2n) is 6.93. The highest BCUT2D eigenvalue weighted by molar-refractivity contribution is 5.97. The monoisotopic (exact) mass is 385 g/mol. The molecule has 0 fully saturated rings. The summed E-state index contributed by atoms with van der Waals surface area (Å²) in [6.07, 6.45) is 1.96. The Morgan fingerprint density at radius 3 is 2.61 bits per heavy atom. The smallest absolute Gasteiger partial charge is 0.345 e. The first-order valence-corrected chi connectivity index (χ1v) is 8.55. The van der Waals surface area contributed by atoms with Gasteiger partial charge in [0, 0.05) is 19.8 Å². The molecule has 3 rings (SSSR count). The molecule has 0 saturated heterocycles. The minimum atomic E-state index is -1.51. The highest BCUT2D eigenvalue weighted by Crippen LogP contribution is 2.26. The minimum Gasteiger partial charge on any atom is -0.505 e. The minimum absolute atomic E-state index is 0.0378. The van der Waals surface area contributed by atoms with E-state index in [-0.39, 0.29) is 11.3 Å². The molecular weight excluding hydrogens is 365 g/mol. The first-order chi connectivity index (χ1) is 13.2. The predicted octanol–water partition coefficient (Wildman–Crippen LogP) is 2.13. The third-order valence-electron chi connectivity index (χ3n) is 4.53. The molecule has 7 nitrogen and oxygen atoms in total. The van der Waals surface area contributed by atoms with E-state index in [2.05, 4.69) is 4.98 Å². The van der Waals surface area contributed by atoms with Crippen LogP contribution in [-0.2, 0) is 20.0 Å². The van der Waals surface area contributed by atoms with Gasteiger partial charge in [0.25, 0.3) is 5.56 Å². The molecule has 0 radical (unpaired) electrons. The number of aryl methyl sites for hydroxylation is 1. The van der Waals surface area contributed by atoms with E-state index in [9.17, 15) is 19.1 Å². The molecule has 0 aliphatic carbocycles. The largest absolute Gasteiger partial charge is 0.505 e. The Hall–Kier alpha value is -3.26. The van der Waals surface area contributed by atoms with Crippen molar-refractivity contribution < 1.29 is 19.4 Å². The number of nitrogens with zero attached hydrogens (tertiary/aromatic N) is 3. The zero-order valence-electron chi connectivity index (χ0n) is 15.7. The van der Waals surface area contributed by atoms with Crippen LogP contribution < -0.4 is 5.56 Å². The Balaban J connectivity index is 2.10. The number of carboxylic acids is 1. The molecule has 0 spiro atoms. The van der Waals surface area contributed by atoms with Crippen molar-refractivity contribution in [2.24, 2.45) is 7.05 Å². The quantitative estimate of drug-likeness (QED) is 0.699. The Kier molecular flexibility index (Phi) is 5.15. The van der Waals surface area contributed by atoms with Gasteiger partial charge in [-0.2, -0.15) is 0 Å². The Bertz CT molecular complexity index is 1140. The lowest BCUT2D eigenvalue weighted by Crippen LogP contribution is -2.25. The fraction of sp³-hybridized carbons (Fsp3) is 0.250. The normalized spacial score (nSPS) is 11.3. The molecule has 8 heteroatoms. The SMILES string of the molecule is CN(C)Cc1cc(F)ccc1Cc1cnc2c(O)c(C(=O)O)c(=O)n(C)c2c1. The van der Waals surface area contributed by atoms with Crippen LogP contribution in [0, 0.1) is 5.82 Å². The van der Waals surface area contributed by atoms with Gasteiger partial charge in [0.05, 0.1) is 5.52 Å². The number of benzene rings is 1. The van der Waals surface area contributed by atoms with Crippen molar-refractivity contribution in [3.8, 4) is 5.75 Å². The van der Waals surface area contributed by atoms with Gasteiger partial charge in [-0.15, -0.1) is 0 Å². The van der Waals surface area contributed by atoms with Gasteiger partial charge in [-0.05, 0) is 55.4 Å². The van der Waals surface area contributed by atoms with Crippen molar-refractivity contribution >= 4 is 17.0 Å². The highest BCUT2D eigenvalue weighted by atomic mass is 19.1. The molecule has 146 valence electrons. The van der Waals surface area contributed by atoms with Gasteiger partial charge in [0.2, 0.25) is 0 Å². The molecule has 28 heavy (non-hydrogen) atoms. The number of aromatic hydroxyl groups is 1. The first-order valence-electron chi connectivity index (χ1n) is 8.55. The molecule has 0 unspecified atom stereocenters. The number of fused-ring (bicyclic) bond motifs is 1. The van der Waals surface area contributed by atoms with E-state index < -0.39 is 22.8 Å². The van der Waals surface area contributed by atoms with Crippen LogP contribution in [0.25, 0.3) is 11.0 Å². The van der Waals surface area contributed by atoms with E-state index in [4.69, 9.17) is 5.11 Å². The summed E-state index contributed by atoms with van der Waals surface area (Å²) in [7, 11) is 5.22. The van der Waals surface area contributed by atoms with Gasteiger partial charge in [0.15, 0.2) is 11.3 Å². The molecule has 3 aromatic rings.